The molecular weight excluding hydrogens is 385 g/mol. The molecule has 1 saturated heterocycles. The highest BCUT2D eigenvalue weighted by Gasteiger charge is 2.30. The quantitative estimate of drug-likeness (QED) is 0.747. The van der Waals surface area contributed by atoms with Gasteiger partial charge in [0.05, 0.1) is 0 Å². The molecular formula is C23H32FN3O3. The van der Waals surface area contributed by atoms with Gasteiger partial charge in [0.15, 0.2) is 0 Å². The number of nitrogens with zero attached hydrogens (tertiary/aromatic N) is 1. The summed E-state index contributed by atoms with van der Waals surface area (Å²) in [7, 11) is 0. The number of hydrogen-bond acceptors (Lipinski definition) is 3. The highest BCUT2D eigenvalue weighted by Crippen LogP contribution is 2.26. The fourth-order valence-corrected chi connectivity index (χ4v) is 4.51. The maximum Gasteiger partial charge on any atom is 0.243 e. The van der Waals surface area contributed by atoms with Crippen molar-refractivity contribution in [2.45, 2.75) is 70.4 Å². The summed E-state index contributed by atoms with van der Waals surface area (Å²) in [5.41, 5.74) is 0.650. The van der Waals surface area contributed by atoms with Crippen LogP contribution in [0.25, 0.3) is 0 Å². The average molecular weight is 418 g/mol. The monoisotopic (exact) mass is 417 g/mol. The van der Waals surface area contributed by atoms with Gasteiger partial charge in [-0.3, -0.25) is 14.4 Å². The molecule has 0 spiro atoms. The van der Waals surface area contributed by atoms with Gasteiger partial charge in [-0.25, -0.2) is 4.39 Å². The molecule has 2 aliphatic rings. The number of rotatable bonds is 6. The van der Waals surface area contributed by atoms with Crippen molar-refractivity contribution in [3.05, 3.63) is 35.6 Å². The van der Waals surface area contributed by atoms with Gasteiger partial charge in [-0.1, -0.05) is 31.4 Å². The van der Waals surface area contributed by atoms with Crippen LogP contribution in [-0.4, -0.2) is 47.8 Å². The first-order valence-corrected chi connectivity index (χ1v) is 11.0. The van der Waals surface area contributed by atoms with Crippen LogP contribution >= 0.6 is 0 Å². The van der Waals surface area contributed by atoms with Gasteiger partial charge >= 0.3 is 0 Å². The maximum atomic E-state index is 13.5. The minimum absolute atomic E-state index is 0.0309. The number of likely N-dealkylation sites (tertiary alicyclic amines) is 1. The highest BCUT2D eigenvalue weighted by atomic mass is 19.1. The first-order chi connectivity index (χ1) is 14.4. The molecule has 2 fully saturated rings. The number of halogens is 1. The summed E-state index contributed by atoms with van der Waals surface area (Å²) in [5, 5.41) is 5.68. The minimum Gasteiger partial charge on any atom is -0.351 e. The zero-order valence-corrected chi connectivity index (χ0v) is 17.7. The molecule has 3 amide bonds. The Morgan fingerprint density at radius 3 is 2.43 bits per heavy atom. The number of carbonyl (C=O) groups is 3. The fraction of sp³-hybridized carbons (Fsp3) is 0.609. The highest BCUT2D eigenvalue weighted by molar-refractivity contribution is 5.87. The van der Waals surface area contributed by atoms with Gasteiger partial charge in [0.2, 0.25) is 17.7 Å². The van der Waals surface area contributed by atoms with Crippen LogP contribution in [0.1, 0.15) is 57.4 Å². The Labute approximate surface area is 177 Å². The molecule has 1 aliphatic heterocycles. The van der Waals surface area contributed by atoms with E-state index in [0.29, 0.717) is 31.5 Å². The number of benzene rings is 1. The smallest absolute Gasteiger partial charge is 0.243 e. The third kappa shape index (κ3) is 6.28. The van der Waals surface area contributed by atoms with E-state index in [2.05, 4.69) is 10.6 Å². The van der Waals surface area contributed by atoms with Crippen molar-refractivity contribution >= 4 is 17.7 Å². The van der Waals surface area contributed by atoms with Crippen molar-refractivity contribution in [1.29, 1.82) is 0 Å². The van der Waals surface area contributed by atoms with Crippen molar-refractivity contribution < 1.29 is 18.8 Å². The van der Waals surface area contributed by atoms with Gasteiger partial charge in [0.25, 0.3) is 0 Å². The van der Waals surface area contributed by atoms with E-state index in [9.17, 15) is 18.8 Å². The Hall–Kier alpha value is -2.44. The molecule has 0 bridgehead atoms. The zero-order chi connectivity index (χ0) is 21.5. The topological polar surface area (TPSA) is 78.5 Å². The molecule has 164 valence electrons. The van der Waals surface area contributed by atoms with E-state index >= 15 is 0 Å². The van der Waals surface area contributed by atoms with Crippen molar-refractivity contribution in [3.63, 3.8) is 0 Å². The first kappa shape index (κ1) is 22.2. The summed E-state index contributed by atoms with van der Waals surface area (Å²) >= 11 is 0. The molecule has 0 radical (unpaired) electrons. The standard InChI is InChI=1S/C23H32FN3O3/c1-16(28)25-21(15-17-6-5-9-19(24)14-17)22(29)26-20-10-12-27(13-11-20)23(30)18-7-3-2-4-8-18/h5-6,9,14,18,20-21H,2-4,7-8,10-13,15H2,1H3,(H,25,28)(H,26,29)/t21-/m0/s1. The predicted octanol–water partition coefficient (Wildman–Crippen LogP) is 2.56. The number of carbonyl (C=O) groups excluding carboxylic acids is 3. The van der Waals surface area contributed by atoms with Crippen molar-refractivity contribution in [2.75, 3.05) is 13.1 Å². The molecule has 6 nitrogen and oxygen atoms in total. The molecule has 7 heteroatoms. The fourth-order valence-electron chi connectivity index (χ4n) is 4.51. The molecule has 2 N–H and O–H groups in total. The second-order valence-electron chi connectivity index (χ2n) is 8.53. The Kier molecular flexibility index (Phi) is 7.82. The van der Waals surface area contributed by atoms with Crippen molar-refractivity contribution in [2.24, 2.45) is 5.92 Å². The molecule has 3 rings (SSSR count). The number of piperidine rings is 1. The Bertz CT molecular complexity index is 756. The largest absolute Gasteiger partial charge is 0.351 e. The first-order valence-electron chi connectivity index (χ1n) is 11.0. The van der Waals surface area contributed by atoms with Gasteiger partial charge in [0, 0.05) is 38.4 Å². The van der Waals surface area contributed by atoms with Gasteiger partial charge in [0.1, 0.15) is 11.9 Å². The van der Waals surface area contributed by atoms with Crippen LogP contribution in [0, 0.1) is 11.7 Å². The van der Waals surface area contributed by atoms with Crippen LogP contribution in [0.3, 0.4) is 0 Å². The molecule has 0 unspecified atom stereocenters. The Morgan fingerprint density at radius 1 is 1.10 bits per heavy atom. The normalized spacial score (nSPS) is 19.2. The van der Waals surface area contributed by atoms with Gasteiger partial charge in [-0.2, -0.15) is 0 Å². The van der Waals surface area contributed by atoms with Crippen LogP contribution in [0.2, 0.25) is 0 Å². The lowest BCUT2D eigenvalue weighted by atomic mass is 9.87. The lowest BCUT2D eigenvalue weighted by Gasteiger charge is -2.36. The van der Waals surface area contributed by atoms with E-state index in [1.165, 1.54) is 25.5 Å². The summed E-state index contributed by atoms with van der Waals surface area (Å²) in [6, 6.07) is 5.26. The zero-order valence-electron chi connectivity index (χ0n) is 17.7. The van der Waals surface area contributed by atoms with E-state index in [1.54, 1.807) is 12.1 Å². The van der Waals surface area contributed by atoms with E-state index in [-0.39, 0.29) is 41.9 Å². The second kappa shape index (κ2) is 10.5. The molecule has 0 aromatic heterocycles. The summed E-state index contributed by atoms with van der Waals surface area (Å²) in [5.74, 6) is -0.516. The second-order valence-corrected chi connectivity index (χ2v) is 8.53. The number of nitrogens with one attached hydrogen (secondary N) is 2. The lowest BCUT2D eigenvalue weighted by molar-refractivity contribution is -0.138. The molecule has 30 heavy (non-hydrogen) atoms. The number of hydrogen-bond donors (Lipinski definition) is 2. The van der Waals surface area contributed by atoms with Crippen LogP contribution in [0.5, 0.6) is 0 Å². The maximum absolute atomic E-state index is 13.5. The predicted molar refractivity (Wildman–Crippen MR) is 112 cm³/mol. The summed E-state index contributed by atoms with van der Waals surface area (Å²) in [6.07, 6.45) is 7.12. The third-order valence-electron chi connectivity index (χ3n) is 6.13. The van der Waals surface area contributed by atoms with Gasteiger partial charge in [-0.15, -0.1) is 0 Å². The molecule has 1 aliphatic carbocycles. The van der Waals surface area contributed by atoms with Gasteiger partial charge < -0.3 is 15.5 Å². The lowest BCUT2D eigenvalue weighted by Crippen LogP contribution is -2.53. The van der Waals surface area contributed by atoms with Crippen LogP contribution in [-0.2, 0) is 20.8 Å². The Balaban J connectivity index is 1.52. The third-order valence-corrected chi connectivity index (χ3v) is 6.13. The van der Waals surface area contributed by atoms with E-state index in [1.807, 2.05) is 4.90 Å². The van der Waals surface area contributed by atoms with Gasteiger partial charge in [-0.05, 0) is 43.4 Å². The Morgan fingerprint density at radius 2 is 1.80 bits per heavy atom. The molecule has 1 atom stereocenters. The van der Waals surface area contributed by atoms with Crippen molar-refractivity contribution in [1.82, 2.24) is 15.5 Å². The van der Waals surface area contributed by atoms with E-state index in [4.69, 9.17) is 0 Å². The summed E-state index contributed by atoms with van der Waals surface area (Å²) < 4.78 is 13.5. The minimum atomic E-state index is -0.758. The molecule has 1 aromatic rings. The van der Waals surface area contributed by atoms with Crippen LogP contribution in [0.4, 0.5) is 4.39 Å². The summed E-state index contributed by atoms with van der Waals surface area (Å²) in [4.78, 5) is 39.0. The average Bonchev–Trinajstić information content (AvgIpc) is 2.73. The van der Waals surface area contributed by atoms with Crippen molar-refractivity contribution in [3.8, 4) is 0 Å². The van der Waals surface area contributed by atoms with Crippen LogP contribution in [0.15, 0.2) is 24.3 Å². The van der Waals surface area contributed by atoms with Crippen LogP contribution < -0.4 is 10.6 Å². The molecule has 1 heterocycles. The van der Waals surface area contributed by atoms with E-state index < -0.39 is 6.04 Å². The molecule has 1 aromatic carbocycles. The molecule has 1 saturated carbocycles. The SMILES string of the molecule is CC(=O)N[C@@H](Cc1cccc(F)c1)C(=O)NC1CCN(C(=O)C2CCCCC2)CC1. The van der Waals surface area contributed by atoms with E-state index in [0.717, 1.165) is 25.7 Å². The summed E-state index contributed by atoms with van der Waals surface area (Å²) in [6.45, 7) is 2.66. The number of amides is 3.